The lowest BCUT2D eigenvalue weighted by Crippen LogP contribution is -2.33. The van der Waals surface area contributed by atoms with Crippen molar-refractivity contribution in [2.75, 3.05) is 19.6 Å². The van der Waals surface area contributed by atoms with Gasteiger partial charge in [-0.15, -0.1) is 24.0 Å². The van der Waals surface area contributed by atoms with E-state index in [1.54, 1.807) is 0 Å². The number of halogens is 1. The molecule has 6 nitrogen and oxygen atoms in total. The summed E-state index contributed by atoms with van der Waals surface area (Å²) in [5.74, 6) is 1.15. The topological polar surface area (TPSA) is 88.7 Å². The Morgan fingerprint density at radius 1 is 1.18 bits per heavy atom. The number of guanidine groups is 1. The minimum absolute atomic E-state index is 0. The van der Waals surface area contributed by atoms with Crippen LogP contribution < -0.4 is 16.4 Å². The Morgan fingerprint density at radius 2 is 1.82 bits per heavy atom. The first-order valence-electron chi connectivity index (χ1n) is 7.71. The highest BCUT2D eigenvalue weighted by atomic mass is 127. The van der Waals surface area contributed by atoms with E-state index < -0.39 is 5.60 Å². The number of rotatable bonds is 8. The fourth-order valence-corrected chi connectivity index (χ4v) is 1.49. The van der Waals surface area contributed by atoms with Gasteiger partial charge in [-0.25, -0.2) is 4.79 Å². The number of nitrogens with one attached hydrogen (secondary N) is 2. The van der Waals surface area contributed by atoms with E-state index in [0.717, 1.165) is 25.8 Å². The molecule has 0 aliphatic carbocycles. The maximum Gasteiger partial charge on any atom is 0.407 e. The fraction of sp³-hybridized carbons (Fsp3) is 0.867. The lowest BCUT2D eigenvalue weighted by Gasteiger charge is -2.19. The highest BCUT2D eigenvalue weighted by molar-refractivity contribution is 14.0. The van der Waals surface area contributed by atoms with Crippen molar-refractivity contribution in [3.63, 3.8) is 0 Å². The second kappa shape index (κ2) is 12.8. The normalized spacial score (nSPS) is 11.8. The molecule has 1 amide bonds. The highest BCUT2D eigenvalue weighted by Gasteiger charge is 2.15. The Bertz CT molecular complexity index is 328. The van der Waals surface area contributed by atoms with Gasteiger partial charge in [0.2, 0.25) is 0 Å². The van der Waals surface area contributed by atoms with Crippen molar-refractivity contribution in [1.82, 2.24) is 10.6 Å². The van der Waals surface area contributed by atoms with Crippen LogP contribution in [0.2, 0.25) is 0 Å². The monoisotopic (exact) mass is 428 g/mol. The molecule has 7 heteroatoms. The third kappa shape index (κ3) is 17.3. The van der Waals surface area contributed by atoms with Crippen LogP contribution in [0.4, 0.5) is 4.79 Å². The fourth-order valence-electron chi connectivity index (χ4n) is 1.49. The van der Waals surface area contributed by atoms with Gasteiger partial charge in [0.15, 0.2) is 5.96 Å². The van der Waals surface area contributed by atoms with E-state index in [4.69, 9.17) is 10.5 Å². The highest BCUT2D eigenvalue weighted by Crippen LogP contribution is 2.06. The molecule has 4 N–H and O–H groups in total. The van der Waals surface area contributed by atoms with Gasteiger partial charge >= 0.3 is 6.09 Å². The quantitative estimate of drug-likeness (QED) is 0.240. The van der Waals surface area contributed by atoms with Crippen LogP contribution in [0.1, 0.15) is 53.9 Å². The second-order valence-electron chi connectivity index (χ2n) is 6.51. The molecule has 0 atom stereocenters. The number of unbranched alkanes of at least 4 members (excludes halogenated alkanes) is 1. The molecular formula is C15H33IN4O2. The number of amides is 1. The van der Waals surface area contributed by atoms with E-state index >= 15 is 0 Å². The number of nitrogens with zero attached hydrogens (tertiary/aromatic N) is 1. The second-order valence-corrected chi connectivity index (χ2v) is 6.51. The maximum atomic E-state index is 11.4. The molecule has 0 fully saturated rings. The van der Waals surface area contributed by atoms with Crippen LogP contribution in [0.3, 0.4) is 0 Å². The standard InChI is InChI=1S/C15H32N4O2.HI/c1-12(2)8-11-18-13(16)17-9-6-7-10-19-14(20)21-15(3,4)5;/h12H,6-11H2,1-5H3,(H,19,20)(H3,16,17,18);1H. The van der Waals surface area contributed by atoms with Crippen LogP contribution in [0, 0.1) is 5.92 Å². The van der Waals surface area contributed by atoms with Gasteiger partial charge in [0.1, 0.15) is 5.60 Å². The molecule has 22 heavy (non-hydrogen) atoms. The summed E-state index contributed by atoms with van der Waals surface area (Å²) in [5, 5.41) is 5.80. The van der Waals surface area contributed by atoms with Crippen LogP contribution in [0.5, 0.6) is 0 Å². The molecule has 0 saturated heterocycles. The number of carbonyl (C=O) groups is 1. The van der Waals surface area contributed by atoms with E-state index in [1.807, 2.05) is 20.8 Å². The summed E-state index contributed by atoms with van der Waals surface area (Å²) in [5.41, 5.74) is 5.29. The summed E-state index contributed by atoms with van der Waals surface area (Å²) in [6.45, 7) is 12.0. The molecular weight excluding hydrogens is 395 g/mol. The van der Waals surface area contributed by atoms with Crippen molar-refractivity contribution in [2.24, 2.45) is 16.6 Å². The first kappa shape index (κ1) is 23.5. The van der Waals surface area contributed by atoms with Crippen LogP contribution in [-0.2, 0) is 4.74 Å². The van der Waals surface area contributed by atoms with Crippen LogP contribution in [0.25, 0.3) is 0 Å². The van der Waals surface area contributed by atoms with Crippen molar-refractivity contribution in [2.45, 2.75) is 59.5 Å². The molecule has 0 spiro atoms. The lowest BCUT2D eigenvalue weighted by atomic mass is 10.1. The summed E-state index contributed by atoms with van der Waals surface area (Å²) in [7, 11) is 0. The Balaban J connectivity index is 0. The van der Waals surface area contributed by atoms with E-state index in [2.05, 4.69) is 29.5 Å². The smallest absolute Gasteiger partial charge is 0.407 e. The zero-order valence-electron chi connectivity index (χ0n) is 14.6. The molecule has 0 aromatic heterocycles. The molecule has 0 unspecified atom stereocenters. The number of hydrogen-bond acceptors (Lipinski definition) is 3. The summed E-state index contributed by atoms with van der Waals surface area (Å²) in [6.07, 6.45) is 2.43. The number of aliphatic imine (C=N–C) groups is 1. The van der Waals surface area contributed by atoms with Crippen LogP contribution >= 0.6 is 24.0 Å². The first-order valence-corrected chi connectivity index (χ1v) is 7.71. The Kier molecular flexibility index (Phi) is 13.7. The molecule has 0 aliphatic rings. The molecule has 0 bridgehead atoms. The summed E-state index contributed by atoms with van der Waals surface area (Å²) < 4.78 is 5.14. The predicted octanol–water partition coefficient (Wildman–Crippen LogP) is 2.86. The Hall–Kier alpha value is -0.730. The maximum absolute atomic E-state index is 11.4. The molecule has 0 aromatic rings. The van der Waals surface area contributed by atoms with Gasteiger partial charge in [0.05, 0.1) is 0 Å². The van der Waals surface area contributed by atoms with Crippen LogP contribution in [0.15, 0.2) is 4.99 Å². The van der Waals surface area contributed by atoms with Crippen molar-refractivity contribution >= 4 is 36.0 Å². The lowest BCUT2D eigenvalue weighted by molar-refractivity contribution is 0.0527. The number of alkyl carbamates (subject to hydrolysis) is 1. The SMILES string of the molecule is CC(C)CCNC(N)=NCCCCNC(=O)OC(C)(C)C.I. The third-order valence-corrected chi connectivity index (χ3v) is 2.56. The van der Waals surface area contributed by atoms with Crippen molar-refractivity contribution in [1.29, 1.82) is 0 Å². The molecule has 0 saturated carbocycles. The van der Waals surface area contributed by atoms with Gasteiger partial charge in [0.25, 0.3) is 0 Å². The molecule has 0 rings (SSSR count). The largest absolute Gasteiger partial charge is 0.444 e. The van der Waals surface area contributed by atoms with E-state index in [-0.39, 0.29) is 30.1 Å². The number of hydrogen-bond donors (Lipinski definition) is 3. The van der Waals surface area contributed by atoms with Crippen molar-refractivity contribution < 1.29 is 9.53 Å². The van der Waals surface area contributed by atoms with Gasteiger partial charge in [-0.2, -0.15) is 0 Å². The Morgan fingerprint density at radius 3 is 2.36 bits per heavy atom. The minimum atomic E-state index is -0.454. The molecule has 0 aliphatic heterocycles. The average Bonchev–Trinajstić information content (AvgIpc) is 2.30. The van der Waals surface area contributed by atoms with E-state index in [0.29, 0.717) is 25.0 Å². The Labute approximate surface area is 152 Å². The number of ether oxygens (including phenoxy) is 1. The van der Waals surface area contributed by atoms with Gasteiger partial charge in [-0.05, 0) is 46.0 Å². The molecule has 0 heterocycles. The van der Waals surface area contributed by atoms with E-state index in [9.17, 15) is 4.79 Å². The van der Waals surface area contributed by atoms with Gasteiger partial charge in [-0.3, -0.25) is 4.99 Å². The van der Waals surface area contributed by atoms with Gasteiger partial charge in [0, 0.05) is 19.6 Å². The summed E-state index contributed by atoms with van der Waals surface area (Å²) >= 11 is 0. The van der Waals surface area contributed by atoms with E-state index in [1.165, 1.54) is 0 Å². The van der Waals surface area contributed by atoms with Crippen LogP contribution in [-0.4, -0.2) is 37.3 Å². The number of carbonyl (C=O) groups excluding carboxylic acids is 1. The number of nitrogens with two attached hydrogens (primary N) is 1. The first-order chi connectivity index (χ1) is 9.70. The summed E-state index contributed by atoms with van der Waals surface area (Å²) in [4.78, 5) is 15.6. The zero-order valence-corrected chi connectivity index (χ0v) is 16.9. The van der Waals surface area contributed by atoms with Crippen molar-refractivity contribution in [3.05, 3.63) is 0 Å². The van der Waals surface area contributed by atoms with Gasteiger partial charge < -0.3 is 21.1 Å². The summed E-state index contributed by atoms with van der Waals surface area (Å²) in [6, 6.07) is 0. The molecule has 0 aromatic carbocycles. The average molecular weight is 428 g/mol. The van der Waals surface area contributed by atoms with Gasteiger partial charge in [-0.1, -0.05) is 13.8 Å². The minimum Gasteiger partial charge on any atom is -0.444 e. The predicted molar refractivity (Wildman–Crippen MR) is 103 cm³/mol. The molecule has 0 radical (unpaired) electrons. The van der Waals surface area contributed by atoms with Crippen molar-refractivity contribution in [3.8, 4) is 0 Å². The third-order valence-electron chi connectivity index (χ3n) is 2.56. The molecule has 132 valence electrons. The zero-order chi connectivity index (χ0) is 16.3.